The minimum atomic E-state index is -0.424. The average Bonchev–Trinajstić information content (AvgIpc) is 2.77. The predicted octanol–water partition coefficient (Wildman–Crippen LogP) is 3.01. The molecule has 0 radical (unpaired) electrons. The van der Waals surface area contributed by atoms with Crippen LogP contribution in [0, 0.1) is 5.82 Å². The first-order chi connectivity index (χ1) is 8.09. The number of fused-ring (bicyclic) bond motifs is 2. The van der Waals surface area contributed by atoms with Crippen molar-refractivity contribution in [3.63, 3.8) is 0 Å². The minimum absolute atomic E-state index is 0.0936. The van der Waals surface area contributed by atoms with E-state index < -0.39 is 5.82 Å². The van der Waals surface area contributed by atoms with Gasteiger partial charge in [0.25, 0.3) is 5.56 Å². The third-order valence-electron chi connectivity index (χ3n) is 2.95. The summed E-state index contributed by atoms with van der Waals surface area (Å²) in [7, 11) is 0. The summed E-state index contributed by atoms with van der Waals surface area (Å²) >= 11 is 6.26. The largest absolute Gasteiger partial charge is 0.296 e. The molecular weight excluding hydrogens is 355 g/mol. The molecule has 1 aliphatic rings. The number of rotatable bonds is 0. The normalized spacial score (nSPS) is 14.3. The molecule has 1 aromatic heterocycles. The molecule has 0 amide bonds. The molecule has 0 atom stereocenters. The zero-order valence-corrected chi connectivity index (χ0v) is 11.8. The number of benzene rings is 1. The summed E-state index contributed by atoms with van der Waals surface area (Å²) in [5.41, 5.74) is 0.313. The van der Waals surface area contributed by atoms with Crippen LogP contribution in [0.15, 0.2) is 19.8 Å². The molecule has 3 rings (SSSR count). The van der Waals surface area contributed by atoms with E-state index in [0.29, 0.717) is 17.4 Å². The fraction of sp³-hybridized carbons (Fsp3) is 0.273. The Morgan fingerprint density at radius 3 is 2.94 bits per heavy atom. The lowest BCUT2D eigenvalue weighted by atomic mass is 10.2. The lowest BCUT2D eigenvalue weighted by molar-refractivity contribution is 0.615. The highest BCUT2D eigenvalue weighted by Gasteiger charge is 2.19. The third kappa shape index (κ3) is 1.57. The smallest absolute Gasteiger partial charge is 0.261 e. The zero-order chi connectivity index (χ0) is 12.2. The fourth-order valence-electron chi connectivity index (χ4n) is 2.13. The predicted molar refractivity (Wildman–Crippen MR) is 69.7 cm³/mol. The number of hydrogen-bond donors (Lipinski definition) is 0. The van der Waals surface area contributed by atoms with Crippen LogP contribution in [0.1, 0.15) is 12.2 Å². The zero-order valence-electron chi connectivity index (χ0n) is 8.64. The van der Waals surface area contributed by atoms with E-state index in [1.165, 1.54) is 6.07 Å². The molecule has 0 saturated heterocycles. The Labute approximate surface area is 113 Å². The van der Waals surface area contributed by atoms with Crippen LogP contribution < -0.4 is 5.56 Å². The molecule has 2 heterocycles. The van der Waals surface area contributed by atoms with Crippen molar-refractivity contribution in [3.05, 3.63) is 37.0 Å². The van der Waals surface area contributed by atoms with Crippen molar-refractivity contribution in [1.29, 1.82) is 0 Å². The van der Waals surface area contributed by atoms with E-state index in [9.17, 15) is 9.18 Å². The van der Waals surface area contributed by atoms with Gasteiger partial charge in [0, 0.05) is 13.0 Å². The molecule has 17 heavy (non-hydrogen) atoms. The molecule has 0 spiro atoms. The molecule has 0 bridgehead atoms. The Morgan fingerprint density at radius 1 is 1.41 bits per heavy atom. The maximum absolute atomic E-state index is 13.7. The SMILES string of the molecule is O=c1c2cc(Br)c(F)c(Br)c2nc2n1CCC2. The third-order valence-corrected chi connectivity index (χ3v) is 4.25. The van der Waals surface area contributed by atoms with Crippen molar-refractivity contribution in [3.8, 4) is 0 Å². The van der Waals surface area contributed by atoms with Gasteiger partial charge in [0.05, 0.1) is 19.8 Å². The number of nitrogens with zero attached hydrogens (tertiary/aromatic N) is 2. The molecular formula is C11H7Br2FN2O. The Bertz CT molecular complexity index is 696. The Hall–Kier alpha value is -0.750. The van der Waals surface area contributed by atoms with Gasteiger partial charge in [-0.1, -0.05) is 0 Å². The first kappa shape index (κ1) is 11.3. The lowest BCUT2D eigenvalue weighted by Gasteiger charge is -2.07. The second kappa shape index (κ2) is 3.88. The van der Waals surface area contributed by atoms with Crippen molar-refractivity contribution in [2.45, 2.75) is 19.4 Å². The molecule has 3 nitrogen and oxygen atoms in total. The first-order valence-corrected chi connectivity index (χ1v) is 6.75. The van der Waals surface area contributed by atoms with Crippen LogP contribution in [0.3, 0.4) is 0 Å². The molecule has 0 fully saturated rings. The van der Waals surface area contributed by atoms with Gasteiger partial charge in [-0.05, 0) is 44.3 Å². The second-order valence-corrected chi connectivity index (χ2v) is 5.62. The van der Waals surface area contributed by atoms with E-state index in [2.05, 4.69) is 36.8 Å². The molecule has 6 heteroatoms. The van der Waals surface area contributed by atoms with Crippen LogP contribution >= 0.6 is 31.9 Å². The van der Waals surface area contributed by atoms with Crippen molar-refractivity contribution in [2.75, 3.05) is 0 Å². The van der Waals surface area contributed by atoms with Crippen LogP contribution in [0.2, 0.25) is 0 Å². The van der Waals surface area contributed by atoms with Gasteiger partial charge in [-0.3, -0.25) is 9.36 Å². The van der Waals surface area contributed by atoms with Gasteiger partial charge in [-0.15, -0.1) is 0 Å². The highest BCUT2D eigenvalue weighted by molar-refractivity contribution is 9.11. The van der Waals surface area contributed by atoms with Crippen LogP contribution in [-0.2, 0) is 13.0 Å². The summed E-state index contributed by atoms with van der Waals surface area (Å²) in [6.45, 7) is 0.698. The minimum Gasteiger partial charge on any atom is -0.296 e. The van der Waals surface area contributed by atoms with Gasteiger partial charge in [0.1, 0.15) is 5.82 Å². The van der Waals surface area contributed by atoms with Crippen LogP contribution in [0.4, 0.5) is 4.39 Å². The molecule has 2 aromatic rings. The van der Waals surface area contributed by atoms with E-state index in [1.807, 2.05) is 0 Å². The Morgan fingerprint density at radius 2 is 2.18 bits per heavy atom. The molecule has 1 aliphatic heterocycles. The standard InChI is InChI=1S/C11H7Br2FN2O/c12-6-4-5-10(8(13)9(6)14)15-7-2-1-3-16(7)11(5)17/h4H,1-3H2. The summed E-state index contributed by atoms with van der Waals surface area (Å²) in [5.74, 6) is 0.317. The van der Waals surface area contributed by atoms with E-state index in [0.717, 1.165) is 18.7 Å². The van der Waals surface area contributed by atoms with Gasteiger partial charge < -0.3 is 0 Å². The topological polar surface area (TPSA) is 34.9 Å². The van der Waals surface area contributed by atoms with Crippen LogP contribution in [0.25, 0.3) is 10.9 Å². The lowest BCUT2D eigenvalue weighted by Crippen LogP contribution is -2.21. The molecule has 88 valence electrons. The number of halogens is 3. The molecule has 0 N–H and O–H groups in total. The second-order valence-electron chi connectivity index (χ2n) is 3.97. The van der Waals surface area contributed by atoms with Gasteiger partial charge >= 0.3 is 0 Å². The average molecular weight is 362 g/mol. The van der Waals surface area contributed by atoms with E-state index >= 15 is 0 Å². The summed E-state index contributed by atoms with van der Waals surface area (Å²) in [4.78, 5) is 16.6. The Balaban J connectivity index is 2.52. The highest BCUT2D eigenvalue weighted by atomic mass is 79.9. The van der Waals surface area contributed by atoms with Gasteiger partial charge in [-0.25, -0.2) is 9.37 Å². The molecule has 0 saturated carbocycles. The maximum Gasteiger partial charge on any atom is 0.261 e. The van der Waals surface area contributed by atoms with Crippen molar-refractivity contribution < 1.29 is 4.39 Å². The van der Waals surface area contributed by atoms with Crippen molar-refractivity contribution in [2.24, 2.45) is 0 Å². The monoisotopic (exact) mass is 360 g/mol. The first-order valence-electron chi connectivity index (χ1n) is 5.16. The molecule has 0 unspecified atom stereocenters. The van der Waals surface area contributed by atoms with Crippen LogP contribution in [-0.4, -0.2) is 9.55 Å². The van der Waals surface area contributed by atoms with Gasteiger partial charge in [0.15, 0.2) is 5.82 Å². The van der Waals surface area contributed by atoms with Gasteiger partial charge in [-0.2, -0.15) is 0 Å². The molecule has 0 aliphatic carbocycles. The van der Waals surface area contributed by atoms with Crippen LogP contribution in [0.5, 0.6) is 0 Å². The maximum atomic E-state index is 13.7. The quantitative estimate of drug-likeness (QED) is 0.676. The van der Waals surface area contributed by atoms with E-state index in [4.69, 9.17) is 0 Å². The number of hydrogen-bond acceptors (Lipinski definition) is 2. The summed E-state index contributed by atoms with van der Waals surface area (Å²) in [5, 5.41) is 0.441. The fourth-order valence-corrected chi connectivity index (χ4v) is 3.34. The van der Waals surface area contributed by atoms with E-state index in [-0.39, 0.29) is 14.5 Å². The van der Waals surface area contributed by atoms with Gasteiger partial charge in [0.2, 0.25) is 0 Å². The summed E-state index contributed by atoms with van der Waals surface area (Å²) < 4.78 is 15.9. The number of aryl methyl sites for hydroxylation is 1. The Kier molecular flexibility index (Phi) is 2.59. The van der Waals surface area contributed by atoms with Crippen molar-refractivity contribution in [1.82, 2.24) is 9.55 Å². The van der Waals surface area contributed by atoms with E-state index in [1.54, 1.807) is 4.57 Å². The highest BCUT2D eigenvalue weighted by Crippen LogP contribution is 2.30. The van der Waals surface area contributed by atoms with Crippen molar-refractivity contribution >= 4 is 42.8 Å². The number of aromatic nitrogens is 2. The summed E-state index contributed by atoms with van der Waals surface area (Å²) in [6, 6.07) is 1.50. The molecule has 1 aromatic carbocycles. The summed E-state index contributed by atoms with van der Waals surface area (Å²) in [6.07, 6.45) is 1.69.